The second-order valence-electron chi connectivity index (χ2n) is 5.78. The molecule has 3 rings (SSSR count). The Bertz CT molecular complexity index is 636. The molecule has 0 spiro atoms. The SMILES string of the molecule is Cl.O=C(COc1cccc2ccccc12)NCC1CCCNC1. The lowest BCUT2D eigenvalue weighted by Crippen LogP contribution is -2.39. The van der Waals surface area contributed by atoms with Gasteiger partial charge >= 0.3 is 0 Å². The van der Waals surface area contributed by atoms with Crippen molar-refractivity contribution in [1.82, 2.24) is 10.6 Å². The normalized spacial score (nSPS) is 17.3. The predicted molar refractivity (Wildman–Crippen MR) is 95.3 cm³/mol. The van der Waals surface area contributed by atoms with Crippen LogP contribution in [0.1, 0.15) is 12.8 Å². The maximum Gasteiger partial charge on any atom is 0.257 e. The summed E-state index contributed by atoms with van der Waals surface area (Å²) in [4.78, 5) is 11.9. The van der Waals surface area contributed by atoms with Crippen molar-refractivity contribution >= 4 is 29.1 Å². The van der Waals surface area contributed by atoms with Gasteiger partial charge in [-0.1, -0.05) is 36.4 Å². The second-order valence-corrected chi connectivity index (χ2v) is 5.78. The number of hydrogen-bond acceptors (Lipinski definition) is 3. The van der Waals surface area contributed by atoms with Crippen molar-refractivity contribution < 1.29 is 9.53 Å². The van der Waals surface area contributed by atoms with Crippen LogP contribution in [0.3, 0.4) is 0 Å². The van der Waals surface area contributed by atoms with Crippen molar-refractivity contribution in [3.8, 4) is 5.75 Å². The summed E-state index contributed by atoms with van der Waals surface area (Å²) in [5, 5.41) is 8.48. The highest BCUT2D eigenvalue weighted by Gasteiger charge is 2.14. The summed E-state index contributed by atoms with van der Waals surface area (Å²) >= 11 is 0. The lowest BCUT2D eigenvalue weighted by molar-refractivity contribution is -0.123. The molecule has 0 aliphatic carbocycles. The summed E-state index contributed by atoms with van der Waals surface area (Å²) in [7, 11) is 0. The fourth-order valence-corrected chi connectivity index (χ4v) is 2.87. The number of piperidine rings is 1. The molecule has 23 heavy (non-hydrogen) atoms. The van der Waals surface area contributed by atoms with E-state index >= 15 is 0 Å². The highest BCUT2D eigenvalue weighted by atomic mass is 35.5. The largest absolute Gasteiger partial charge is 0.483 e. The summed E-state index contributed by atoms with van der Waals surface area (Å²) in [6, 6.07) is 13.9. The summed E-state index contributed by atoms with van der Waals surface area (Å²) in [5.74, 6) is 1.24. The number of hydrogen-bond donors (Lipinski definition) is 2. The molecule has 5 heteroatoms. The Hall–Kier alpha value is -1.78. The van der Waals surface area contributed by atoms with Gasteiger partial charge in [0.05, 0.1) is 0 Å². The molecule has 1 atom stereocenters. The van der Waals surface area contributed by atoms with Crippen molar-refractivity contribution in [2.45, 2.75) is 12.8 Å². The number of ether oxygens (including phenoxy) is 1. The Kier molecular flexibility index (Phi) is 6.68. The van der Waals surface area contributed by atoms with Crippen LogP contribution in [-0.4, -0.2) is 32.1 Å². The monoisotopic (exact) mass is 334 g/mol. The van der Waals surface area contributed by atoms with Crippen LogP contribution in [-0.2, 0) is 4.79 Å². The van der Waals surface area contributed by atoms with Crippen LogP contribution < -0.4 is 15.4 Å². The molecule has 124 valence electrons. The van der Waals surface area contributed by atoms with E-state index in [0.717, 1.165) is 36.2 Å². The van der Waals surface area contributed by atoms with Gasteiger partial charge in [-0.2, -0.15) is 0 Å². The highest BCUT2D eigenvalue weighted by Crippen LogP contribution is 2.24. The van der Waals surface area contributed by atoms with Crippen molar-refractivity contribution in [2.24, 2.45) is 5.92 Å². The first-order valence-electron chi connectivity index (χ1n) is 7.91. The number of carbonyl (C=O) groups is 1. The molecule has 2 N–H and O–H groups in total. The average Bonchev–Trinajstić information content (AvgIpc) is 2.59. The molecule has 0 saturated carbocycles. The lowest BCUT2D eigenvalue weighted by atomic mass is 10.00. The zero-order valence-electron chi connectivity index (χ0n) is 13.1. The van der Waals surface area contributed by atoms with E-state index in [4.69, 9.17) is 4.74 Å². The van der Waals surface area contributed by atoms with Gasteiger partial charge in [-0.3, -0.25) is 4.79 Å². The third-order valence-electron chi connectivity index (χ3n) is 4.10. The number of halogens is 1. The van der Waals surface area contributed by atoms with Gasteiger partial charge in [0, 0.05) is 11.9 Å². The summed E-state index contributed by atoms with van der Waals surface area (Å²) < 4.78 is 5.69. The first kappa shape index (κ1) is 17.6. The van der Waals surface area contributed by atoms with Crippen LogP contribution in [0.4, 0.5) is 0 Å². The van der Waals surface area contributed by atoms with E-state index in [1.165, 1.54) is 12.8 Å². The number of benzene rings is 2. The third kappa shape index (κ3) is 4.85. The minimum Gasteiger partial charge on any atom is -0.483 e. The van der Waals surface area contributed by atoms with Crippen molar-refractivity contribution in [3.05, 3.63) is 42.5 Å². The zero-order chi connectivity index (χ0) is 15.2. The molecule has 2 aromatic rings. The zero-order valence-corrected chi connectivity index (χ0v) is 13.9. The van der Waals surface area contributed by atoms with Gasteiger partial charge in [0.2, 0.25) is 0 Å². The fourth-order valence-electron chi connectivity index (χ4n) is 2.87. The van der Waals surface area contributed by atoms with Crippen molar-refractivity contribution in [3.63, 3.8) is 0 Å². The molecule has 1 aliphatic rings. The average molecular weight is 335 g/mol. The number of rotatable bonds is 5. The summed E-state index contributed by atoms with van der Waals surface area (Å²) in [6.07, 6.45) is 2.37. The molecule has 1 amide bonds. The predicted octanol–water partition coefficient (Wildman–Crippen LogP) is 2.76. The van der Waals surface area contributed by atoms with Crippen LogP contribution in [0.25, 0.3) is 10.8 Å². The molecule has 1 saturated heterocycles. The van der Waals surface area contributed by atoms with E-state index in [1.54, 1.807) is 0 Å². The van der Waals surface area contributed by atoms with Crippen LogP contribution in [0.2, 0.25) is 0 Å². The van der Waals surface area contributed by atoms with E-state index in [9.17, 15) is 4.79 Å². The van der Waals surface area contributed by atoms with Gasteiger partial charge in [-0.15, -0.1) is 12.4 Å². The molecule has 1 aliphatic heterocycles. The molecule has 1 unspecified atom stereocenters. The number of nitrogens with one attached hydrogen (secondary N) is 2. The Morgan fingerprint density at radius 1 is 1.22 bits per heavy atom. The van der Waals surface area contributed by atoms with E-state index in [-0.39, 0.29) is 24.9 Å². The molecular formula is C18H23ClN2O2. The molecular weight excluding hydrogens is 312 g/mol. The van der Waals surface area contributed by atoms with Gasteiger partial charge in [-0.05, 0) is 43.3 Å². The van der Waals surface area contributed by atoms with E-state index in [2.05, 4.69) is 10.6 Å². The maximum atomic E-state index is 11.9. The highest BCUT2D eigenvalue weighted by molar-refractivity contribution is 5.88. The minimum atomic E-state index is -0.0569. The number of fused-ring (bicyclic) bond motifs is 1. The molecule has 2 aromatic carbocycles. The smallest absolute Gasteiger partial charge is 0.257 e. The van der Waals surface area contributed by atoms with Gasteiger partial charge in [0.25, 0.3) is 5.91 Å². The van der Waals surface area contributed by atoms with Crippen LogP contribution in [0, 0.1) is 5.92 Å². The second kappa shape index (κ2) is 8.75. The first-order valence-corrected chi connectivity index (χ1v) is 7.91. The number of amides is 1. The molecule has 0 bridgehead atoms. The van der Waals surface area contributed by atoms with Crippen LogP contribution in [0.5, 0.6) is 5.75 Å². The summed E-state index contributed by atoms with van der Waals surface area (Å²) in [6.45, 7) is 2.87. The first-order chi connectivity index (χ1) is 10.8. The van der Waals surface area contributed by atoms with Gasteiger partial charge in [-0.25, -0.2) is 0 Å². The molecule has 0 radical (unpaired) electrons. The van der Waals surface area contributed by atoms with Crippen LogP contribution >= 0.6 is 12.4 Å². The van der Waals surface area contributed by atoms with E-state index in [1.807, 2.05) is 42.5 Å². The minimum absolute atomic E-state index is 0. The summed E-state index contributed by atoms with van der Waals surface area (Å²) in [5.41, 5.74) is 0. The molecule has 1 heterocycles. The van der Waals surface area contributed by atoms with E-state index < -0.39 is 0 Å². The van der Waals surface area contributed by atoms with Crippen molar-refractivity contribution in [2.75, 3.05) is 26.2 Å². The van der Waals surface area contributed by atoms with Crippen molar-refractivity contribution in [1.29, 1.82) is 0 Å². The Morgan fingerprint density at radius 3 is 2.87 bits per heavy atom. The van der Waals surface area contributed by atoms with E-state index in [0.29, 0.717) is 5.92 Å². The third-order valence-corrected chi connectivity index (χ3v) is 4.10. The quantitative estimate of drug-likeness (QED) is 0.884. The fraction of sp³-hybridized carbons (Fsp3) is 0.389. The molecule has 4 nitrogen and oxygen atoms in total. The topological polar surface area (TPSA) is 50.4 Å². The van der Waals surface area contributed by atoms with Crippen LogP contribution in [0.15, 0.2) is 42.5 Å². The molecule has 0 aromatic heterocycles. The van der Waals surface area contributed by atoms with Gasteiger partial charge in [0.15, 0.2) is 6.61 Å². The Balaban J connectivity index is 0.00000192. The molecule has 1 fully saturated rings. The number of carbonyl (C=O) groups excluding carboxylic acids is 1. The Labute approximate surface area is 143 Å². The van der Waals surface area contributed by atoms with Gasteiger partial charge in [0.1, 0.15) is 5.75 Å². The van der Waals surface area contributed by atoms with Gasteiger partial charge < -0.3 is 15.4 Å². The lowest BCUT2D eigenvalue weighted by Gasteiger charge is -2.22. The maximum absolute atomic E-state index is 11.9. The standard InChI is InChI=1S/C18H22N2O2.ClH/c21-18(20-12-14-5-4-10-19-11-14)13-22-17-9-3-7-15-6-1-2-8-16(15)17;/h1-3,6-9,14,19H,4-5,10-13H2,(H,20,21);1H. The Morgan fingerprint density at radius 2 is 2.04 bits per heavy atom.